The van der Waals surface area contributed by atoms with E-state index in [-0.39, 0.29) is 22.1 Å². The Morgan fingerprint density at radius 3 is 2.59 bits per heavy atom. The largest absolute Gasteiger partial charge is 0.493 e. The smallest absolute Gasteiger partial charge is 0.336 e. The van der Waals surface area contributed by atoms with E-state index in [1.54, 1.807) is 0 Å². The van der Waals surface area contributed by atoms with Gasteiger partial charge in [-0.2, -0.15) is 0 Å². The molecule has 0 atom stereocenters. The van der Waals surface area contributed by atoms with Gasteiger partial charge in [-0.15, -0.1) is 0 Å². The maximum absolute atomic E-state index is 13.6. The summed E-state index contributed by atoms with van der Waals surface area (Å²) >= 11 is 0. The van der Waals surface area contributed by atoms with Gasteiger partial charge in [-0.05, 0) is 12.1 Å². The first-order chi connectivity index (χ1) is 8.06. The molecule has 0 saturated carbocycles. The van der Waals surface area contributed by atoms with E-state index < -0.39 is 17.6 Å². The molecule has 2 aromatic carbocycles. The lowest BCUT2D eigenvalue weighted by molar-refractivity contribution is 0.0698. The summed E-state index contributed by atoms with van der Waals surface area (Å²) in [6.45, 7) is 0. The van der Waals surface area contributed by atoms with Crippen molar-refractivity contribution in [2.75, 3.05) is 7.11 Å². The van der Waals surface area contributed by atoms with E-state index in [4.69, 9.17) is 9.84 Å². The Labute approximate surface area is 95.2 Å². The van der Waals surface area contributed by atoms with Crippen LogP contribution in [0.25, 0.3) is 10.8 Å². The van der Waals surface area contributed by atoms with E-state index >= 15 is 0 Å². The molecule has 0 aliphatic carbocycles. The van der Waals surface area contributed by atoms with Crippen molar-refractivity contribution in [1.82, 2.24) is 0 Å². The molecule has 17 heavy (non-hydrogen) atoms. The molecule has 0 heterocycles. The zero-order valence-corrected chi connectivity index (χ0v) is 8.83. The van der Waals surface area contributed by atoms with Gasteiger partial charge in [-0.1, -0.05) is 12.1 Å². The minimum absolute atomic E-state index is 0.107. The number of hydrogen-bond donors (Lipinski definition) is 1. The van der Waals surface area contributed by atoms with Gasteiger partial charge in [0.2, 0.25) is 0 Å². The van der Waals surface area contributed by atoms with Gasteiger partial charge in [0.25, 0.3) is 0 Å². The standard InChI is InChI=1S/C12H8F2O3/c1-17-11-9(14)5-7(12(15)16)6-3-2-4-8(13)10(6)11/h2-5H,1H3,(H,15,16). The molecule has 0 bridgehead atoms. The predicted octanol–water partition coefficient (Wildman–Crippen LogP) is 2.82. The first-order valence-electron chi connectivity index (χ1n) is 4.74. The molecular formula is C12H8F2O3. The summed E-state index contributed by atoms with van der Waals surface area (Å²) in [5.41, 5.74) is -0.294. The normalized spacial score (nSPS) is 10.5. The van der Waals surface area contributed by atoms with Crippen molar-refractivity contribution in [2.24, 2.45) is 0 Å². The molecule has 3 nitrogen and oxygen atoms in total. The van der Waals surface area contributed by atoms with Gasteiger partial charge >= 0.3 is 5.97 Å². The van der Waals surface area contributed by atoms with Gasteiger partial charge in [-0.25, -0.2) is 13.6 Å². The molecule has 0 amide bonds. The third kappa shape index (κ3) is 1.69. The van der Waals surface area contributed by atoms with Crippen molar-refractivity contribution in [2.45, 2.75) is 0 Å². The van der Waals surface area contributed by atoms with E-state index in [0.717, 1.165) is 12.1 Å². The van der Waals surface area contributed by atoms with Crippen LogP contribution in [-0.2, 0) is 0 Å². The third-order valence-corrected chi connectivity index (χ3v) is 2.45. The molecule has 0 aliphatic rings. The van der Waals surface area contributed by atoms with E-state index in [1.165, 1.54) is 19.2 Å². The summed E-state index contributed by atoms with van der Waals surface area (Å²) < 4.78 is 31.9. The second-order valence-corrected chi connectivity index (χ2v) is 3.41. The number of benzene rings is 2. The van der Waals surface area contributed by atoms with Gasteiger partial charge in [-0.3, -0.25) is 0 Å². The fourth-order valence-electron chi connectivity index (χ4n) is 1.75. The number of fused-ring (bicyclic) bond motifs is 1. The minimum atomic E-state index is -1.32. The second kappa shape index (κ2) is 4.01. The van der Waals surface area contributed by atoms with Crippen LogP contribution in [0.4, 0.5) is 8.78 Å². The van der Waals surface area contributed by atoms with Crippen molar-refractivity contribution in [3.63, 3.8) is 0 Å². The second-order valence-electron chi connectivity index (χ2n) is 3.41. The van der Waals surface area contributed by atoms with E-state index in [9.17, 15) is 13.6 Å². The minimum Gasteiger partial charge on any atom is -0.493 e. The summed E-state index contributed by atoms with van der Waals surface area (Å²) in [4.78, 5) is 10.9. The lowest BCUT2D eigenvalue weighted by Gasteiger charge is -2.10. The highest BCUT2D eigenvalue weighted by Gasteiger charge is 2.19. The van der Waals surface area contributed by atoms with Gasteiger partial charge < -0.3 is 9.84 Å². The molecule has 88 valence electrons. The molecule has 0 aliphatic heterocycles. The number of methoxy groups -OCH3 is 1. The number of carbonyl (C=O) groups is 1. The van der Waals surface area contributed by atoms with Crippen molar-refractivity contribution in [1.29, 1.82) is 0 Å². The summed E-state index contributed by atoms with van der Waals surface area (Å²) in [6.07, 6.45) is 0. The summed E-state index contributed by atoms with van der Waals surface area (Å²) in [5.74, 6) is -3.23. The average molecular weight is 238 g/mol. The van der Waals surface area contributed by atoms with Crippen LogP contribution in [0, 0.1) is 11.6 Å². The molecule has 5 heteroatoms. The maximum Gasteiger partial charge on any atom is 0.336 e. The van der Waals surface area contributed by atoms with Crippen molar-refractivity contribution < 1.29 is 23.4 Å². The van der Waals surface area contributed by atoms with Crippen LogP contribution in [0.1, 0.15) is 10.4 Å². The molecule has 0 aromatic heterocycles. The number of rotatable bonds is 2. The first kappa shape index (κ1) is 11.3. The summed E-state index contributed by atoms with van der Waals surface area (Å²) in [6, 6.07) is 4.71. The predicted molar refractivity (Wildman–Crippen MR) is 57.4 cm³/mol. The van der Waals surface area contributed by atoms with Crippen LogP contribution in [0.2, 0.25) is 0 Å². The fraction of sp³-hybridized carbons (Fsp3) is 0.0833. The van der Waals surface area contributed by atoms with E-state index in [2.05, 4.69) is 0 Å². The van der Waals surface area contributed by atoms with Gasteiger partial charge in [0.15, 0.2) is 11.6 Å². The molecule has 0 radical (unpaired) electrons. The highest BCUT2D eigenvalue weighted by atomic mass is 19.1. The topological polar surface area (TPSA) is 46.5 Å². The maximum atomic E-state index is 13.6. The van der Waals surface area contributed by atoms with Crippen LogP contribution >= 0.6 is 0 Å². The molecule has 0 fully saturated rings. The Kier molecular flexibility index (Phi) is 2.67. The molecule has 0 spiro atoms. The number of ether oxygens (including phenoxy) is 1. The Hall–Kier alpha value is -2.17. The molecule has 0 unspecified atom stereocenters. The Bertz CT molecular complexity index is 608. The van der Waals surface area contributed by atoms with Gasteiger partial charge in [0.05, 0.1) is 18.1 Å². The lowest BCUT2D eigenvalue weighted by atomic mass is 10.0. The fourth-order valence-corrected chi connectivity index (χ4v) is 1.75. The molecule has 0 saturated heterocycles. The Morgan fingerprint density at radius 2 is 2.00 bits per heavy atom. The van der Waals surface area contributed by atoms with Crippen LogP contribution in [0.15, 0.2) is 24.3 Å². The molecule has 2 rings (SSSR count). The molecule has 1 N–H and O–H groups in total. The van der Waals surface area contributed by atoms with Crippen molar-refractivity contribution in [3.8, 4) is 5.75 Å². The van der Waals surface area contributed by atoms with E-state index in [1.807, 2.05) is 0 Å². The van der Waals surface area contributed by atoms with Crippen LogP contribution in [0.3, 0.4) is 0 Å². The number of hydrogen-bond acceptors (Lipinski definition) is 2. The van der Waals surface area contributed by atoms with Gasteiger partial charge in [0, 0.05) is 5.39 Å². The Balaban J connectivity index is 2.99. The third-order valence-electron chi connectivity index (χ3n) is 2.45. The highest BCUT2D eigenvalue weighted by Crippen LogP contribution is 2.33. The number of carboxylic acid groups (broad SMARTS) is 1. The van der Waals surface area contributed by atoms with Crippen LogP contribution in [-0.4, -0.2) is 18.2 Å². The van der Waals surface area contributed by atoms with Crippen LogP contribution < -0.4 is 4.74 Å². The van der Waals surface area contributed by atoms with Crippen molar-refractivity contribution in [3.05, 3.63) is 41.5 Å². The van der Waals surface area contributed by atoms with Gasteiger partial charge in [0.1, 0.15) is 5.82 Å². The first-order valence-corrected chi connectivity index (χ1v) is 4.74. The Morgan fingerprint density at radius 1 is 1.29 bits per heavy atom. The molecular weight excluding hydrogens is 230 g/mol. The monoisotopic (exact) mass is 238 g/mol. The van der Waals surface area contributed by atoms with Crippen molar-refractivity contribution >= 4 is 16.7 Å². The van der Waals surface area contributed by atoms with E-state index in [0.29, 0.717) is 0 Å². The zero-order valence-electron chi connectivity index (χ0n) is 8.83. The number of aromatic carboxylic acids is 1. The van der Waals surface area contributed by atoms with Crippen LogP contribution in [0.5, 0.6) is 5.75 Å². The lowest BCUT2D eigenvalue weighted by Crippen LogP contribution is -2.02. The number of halogens is 2. The number of carboxylic acids is 1. The SMILES string of the molecule is COc1c(F)cc(C(=O)O)c2cccc(F)c12. The summed E-state index contributed by atoms with van der Waals surface area (Å²) in [5, 5.41) is 8.88. The molecule has 2 aromatic rings. The summed E-state index contributed by atoms with van der Waals surface area (Å²) in [7, 11) is 1.20. The quantitative estimate of drug-likeness (QED) is 0.875. The average Bonchev–Trinajstić information content (AvgIpc) is 2.29. The highest BCUT2D eigenvalue weighted by molar-refractivity contribution is 6.05. The zero-order chi connectivity index (χ0) is 12.6.